The Balaban J connectivity index is 0.000000684. The maximum absolute atomic E-state index is 11.3. The fourth-order valence-corrected chi connectivity index (χ4v) is 1.36. The summed E-state index contributed by atoms with van der Waals surface area (Å²) in [6, 6.07) is 6.63. The van der Waals surface area contributed by atoms with Crippen LogP contribution >= 0.6 is 0 Å². The van der Waals surface area contributed by atoms with Crippen molar-refractivity contribution in [2.45, 2.75) is 12.5 Å². The number of rotatable bonds is 5. The van der Waals surface area contributed by atoms with E-state index in [-0.39, 0.29) is 28.4 Å². The number of para-hydroxylation sites is 1. The van der Waals surface area contributed by atoms with Crippen LogP contribution in [0.2, 0.25) is 0 Å². The van der Waals surface area contributed by atoms with Crippen molar-refractivity contribution in [3.05, 3.63) is 48.3 Å². The summed E-state index contributed by atoms with van der Waals surface area (Å²) in [5.74, 6) is -2.58. The molecule has 0 spiro atoms. The number of aromatic amines is 1. The molecule has 0 saturated carbocycles. The maximum Gasteiger partial charge on any atom is 2.00 e. The smallest absolute Gasteiger partial charge is 0.872 e. The summed E-state index contributed by atoms with van der Waals surface area (Å²) >= 11 is 0. The van der Waals surface area contributed by atoms with Crippen LogP contribution in [0.25, 0.3) is 0 Å². The third-order valence-corrected chi connectivity index (χ3v) is 2.41. The first kappa shape index (κ1) is 20.4. The van der Waals surface area contributed by atoms with Crippen LogP contribution in [0.3, 0.4) is 0 Å². The molecule has 3 N–H and O–H groups in total. The quantitative estimate of drug-likeness (QED) is 0.493. The first-order chi connectivity index (χ1) is 10.5. The van der Waals surface area contributed by atoms with Crippen LogP contribution in [0.5, 0.6) is 5.75 Å². The molecule has 0 aliphatic heterocycles. The average Bonchev–Trinajstić information content (AvgIpc) is 3.03. The van der Waals surface area contributed by atoms with E-state index in [9.17, 15) is 19.8 Å². The van der Waals surface area contributed by atoms with Crippen molar-refractivity contribution in [1.82, 2.24) is 10.2 Å². The molecule has 1 radical (unpaired) electrons. The number of carboxylic acids is 1. The number of amides is 1. The van der Waals surface area contributed by atoms with Gasteiger partial charge < -0.3 is 20.7 Å². The topological polar surface area (TPSA) is 147 Å². The summed E-state index contributed by atoms with van der Waals surface area (Å²) < 4.78 is 0. The summed E-state index contributed by atoms with van der Waals surface area (Å²) in [7, 11) is 0. The number of aromatic nitrogens is 2. The van der Waals surface area contributed by atoms with Crippen LogP contribution < -0.4 is 15.9 Å². The van der Waals surface area contributed by atoms with Crippen molar-refractivity contribution < 1.29 is 36.9 Å². The van der Waals surface area contributed by atoms with Gasteiger partial charge in [-0.1, -0.05) is 24.3 Å². The van der Waals surface area contributed by atoms with E-state index >= 15 is 0 Å². The molecule has 0 saturated heterocycles. The molecule has 1 unspecified atom stereocenters. The molecule has 0 aliphatic carbocycles. The van der Waals surface area contributed by atoms with Crippen LogP contribution in [-0.4, -0.2) is 34.3 Å². The minimum Gasteiger partial charge on any atom is -0.872 e. The van der Waals surface area contributed by atoms with E-state index in [2.05, 4.69) is 15.2 Å². The number of H-pyrrole nitrogens is 1. The maximum atomic E-state index is 11.3. The first-order valence-corrected chi connectivity index (χ1v) is 6.23. The predicted octanol–water partition coefficient (Wildman–Crippen LogP) is -1.42. The molecule has 0 bridgehead atoms. The number of nitrogens with one attached hydrogen (secondary N) is 1. The number of nitrogens with two attached hydrogens (primary N) is 1. The second-order valence-corrected chi connectivity index (χ2v) is 4.08. The number of carbonyl (C=O) groups is 2. The summed E-state index contributed by atoms with van der Waals surface area (Å²) in [6.45, 7) is 0. The Morgan fingerprint density at radius 1 is 1.35 bits per heavy atom. The standard InChI is InChI=1S/C11H12N2O4.C3H4N2.Cu/c12-11(17)8(5-10(15)16)13-6-7-3-1-2-4-9(7)14;1-2-4-5-3-1;/h1-4,6,8,14H,5H2,(H2,12,17)(H,15,16);1-3H,(H,4,5);/q;;+2/p-2. The number of carboxylic acid groups (broad SMARTS) is 1. The normalized spacial score (nSPS) is 11.0. The second kappa shape index (κ2) is 11.0. The summed E-state index contributed by atoms with van der Waals surface area (Å²) in [5.41, 5.74) is 5.23. The number of hydrogen-bond donors (Lipinski definition) is 2. The Labute approximate surface area is 142 Å². The van der Waals surface area contributed by atoms with E-state index in [1.807, 2.05) is 6.07 Å². The van der Waals surface area contributed by atoms with Gasteiger partial charge in [-0.3, -0.25) is 14.9 Å². The molecular formula is C14H14CuN4O4. The van der Waals surface area contributed by atoms with Gasteiger partial charge in [-0.25, -0.2) is 0 Å². The van der Waals surface area contributed by atoms with Gasteiger partial charge in [-0.15, -0.1) is 5.75 Å². The van der Waals surface area contributed by atoms with Crippen LogP contribution in [0, 0.1) is 0 Å². The molecule has 23 heavy (non-hydrogen) atoms. The Hall–Kier alpha value is -2.64. The number of nitrogens with zero attached hydrogens (tertiary/aromatic N) is 2. The molecule has 1 amide bonds. The molecule has 1 aromatic heterocycles. The zero-order chi connectivity index (χ0) is 16.4. The number of primary amides is 1. The molecule has 1 heterocycles. The first-order valence-electron chi connectivity index (χ1n) is 6.23. The van der Waals surface area contributed by atoms with Gasteiger partial charge in [0.1, 0.15) is 6.04 Å². The number of aliphatic carboxylic acids is 1. The fraction of sp³-hybridized carbons (Fsp3) is 0.143. The zero-order valence-electron chi connectivity index (χ0n) is 11.8. The van der Waals surface area contributed by atoms with E-state index in [0.29, 0.717) is 0 Å². The van der Waals surface area contributed by atoms with Crippen molar-refractivity contribution in [2.24, 2.45) is 10.7 Å². The number of aliphatic imine (C=N–C) groups is 1. The Morgan fingerprint density at radius 2 is 2.04 bits per heavy atom. The largest absolute Gasteiger partial charge is 2.00 e. The number of benzene rings is 1. The van der Waals surface area contributed by atoms with E-state index in [0.717, 1.165) is 6.21 Å². The van der Waals surface area contributed by atoms with Gasteiger partial charge in [0.15, 0.2) is 0 Å². The van der Waals surface area contributed by atoms with E-state index in [1.165, 1.54) is 12.1 Å². The second-order valence-electron chi connectivity index (χ2n) is 4.08. The van der Waals surface area contributed by atoms with Crippen molar-refractivity contribution in [3.63, 3.8) is 0 Å². The summed E-state index contributed by atoms with van der Waals surface area (Å²) in [5, 5.41) is 27.8. The SMILES string of the molecule is NC(=O)C(CC(=O)[O-])N=Cc1ccccc1[O-].[Cu+2].c1cn[nH]c1. The van der Waals surface area contributed by atoms with Crippen LogP contribution in [-0.2, 0) is 26.7 Å². The van der Waals surface area contributed by atoms with Crippen LogP contribution in [0.1, 0.15) is 12.0 Å². The minimum atomic E-state index is -1.43. The third kappa shape index (κ3) is 8.40. The Morgan fingerprint density at radius 3 is 2.48 bits per heavy atom. The van der Waals surface area contributed by atoms with Gasteiger partial charge >= 0.3 is 17.1 Å². The van der Waals surface area contributed by atoms with Crippen LogP contribution in [0.4, 0.5) is 0 Å². The average molecular weight is 366 g/mol. The summed E-state index contributed by atoms with van der Waals surface area (Å²) in [4.78, 5) is 24.9. The number of carbonyl (C=O) groups excluding carboxylic acids is 2. The summed E-state index contributed by atoms with van der Waals surface area (Å²) in [6.07, 6.45) is 3.99. The molecule has 1 aromatic carbocycles. The van der Waals surface area contributed by atoms with Crippen molar-refractivity contribution in [1.29, 1.82) is 0 Å². The van der Waals surface area contributed by atoms with Crippen LogP contribution in [0.15, 0.2) is 47.7 Å². The van der Waals surface area contributed by atoms with Crippen molar-refractivity contribution >= 4 is 18.1 Å². The molecule has 1 atom stereocenters. The molecular weight excluding hydrogens is 352 g/mol. The van der Waals surface area contributed by atoms with Gasteiger partial charge in [0.2, 0.25) is 5.91 Å². The molecule has 2 rings (SSSR count). The Bertz CT molecular complexity index is 614. The fourth-order valence-electron chi connectivity index (χ4n) is 1.36. The molecule has 9 heteroatoms. The molecule has 2 aromatic rings. The zero-order valence-corrected chi connectivity index (χ0v) is 12.8. The van der Waals surface area contributed by atoms with Gasteiger partial charge in [0, 0.05) is 31.0 Å². The minimum absolute atomic E-state index is 0. The van der Waals surface area contributed by atoms with Crippen molar-refractivity contribution in [2.75, 3.05) is 0 Å². The monoisotopic (exact) mass is 365 g/mol. The molecule has 8 nitrogen and oxygen atoms in total. The van der Waals surface area contributed by atoms with E-state index < -0.39 is 24.3 Å². The van der Waals surface area contributed by atoms with Gasteiger partial charge in [-0.05, 0) is 11.6 Å². The third-order valence-electron chi connectivity index (χ3n) is 2.41. The molecule has 0 aliphatic rings. The van der Waals surface area contributed by atoms with Gasteiger partial charge in [0.05, 0.1) is 0 Å². The predicted molar refractivity (Wildman–Crippen MR) is 74.7 cm³/mol. The van der Waals surface area contributed by atoms with E-state index in [1.54, 1.807) is 24.5 Å². The number of hydrogen-bond acceptors (Lipinski definition) is 6. The van der Waals surface area contributed by atoms with E-state index in [4.69, 9.17) is 5.73 Å². The Kier molecular flexibility index (Phi) is 9.73. The molecule has 125 valence electrons. The van der Waals surface area contributed by atoms with Crippen molar-refractivity contribution in [3.8, 4) is 5.75 Å². The molecule has 0 fully saturated rings. The van der Waals surface area contributed by atoms with Gasteiger partial charge in [-0.2, -0.15) is 5.10 Å². The van der Waals surface area contributed by atoms with Gasteiger partial charge in [0.25, 0.3) is 0 Å².